The minimum absolute atomic E-state index is 0.154. The molecule has 0 fully saturated rings. The quantitative estimate of drug-likeness (QED) is 0.736. The van der Waals surface area contributed by atoms with Crippen molar-refractivity contribution in [3.05, 3.63) is 35.9 Å². The normalized spacial score (nSPS) is 14.9. The first-order chi connectivity index (χ1) is 10.4. The number of carbonyl (C=O) groups is 2. The maximum Gasteiger partial charge on any atom is 0.309 e. The summed E-state index contributed by atoms with van der Waals surface area (Å²) in [7, 11) is 0. The second kappa shape index (κ2) is 7.29. The fourth-order valence-electron chi connectivity index (χ4n) is 2.35. The van der Waals surface area contributed by atoms with E-state index in [1.54, 1.807) is 0 Å². The topological polar surface area (TPSA) is 43.4 Å². The molecule has 0 spiro atoms. The lowest BCUT2D eigenvalue weighted by atomic mass is 9.78. The number of ketones is 1. The Bertz CT molecular complexity index is 532. The Labute approximate surface area is 140 Å². The molecule has 1 aromatic carbocycles. The molecule has 0 N–H and O–H groups in total. The largest absolute Gasteiger partial charge is 0.460 e. The van der Waals surface area contributed by atoms with Crippen molar-refractivity contribution >= 4 is 11.8 Å². The first-order valence-electron chi connectivity index (χ1n) is 8.23. The van der Waals surface area contributed by atoms with Gasteiger partial charge in [0.15, 0.2) is 0 Å². The van der Waals surface area contributed by atoms with E-state index in [4.69, 9.17) is 4.74 Å². The molecule has 0 radical (unpaired) electrons. The van der Waals surface area contributed by atoms with Crippen molar-refractivity contribution in [3.8, 4) is 0 Å². The van der Waals surface area contributed by atoms with E-state index in [9.17, 15) is 9.59 Å². The molecule has 3 nitrogen and oxygen atoms in total. The Morgan fingerprint density at radius 2 is 1.52 bits per heavy atom. The zero-order chi connectivity index (χ0) is 17.8. The number of Topliss-reactive ketones (excluding diaryl/α,β-unsaturated/α-hetero) is 1. The molecular weight excluding hydrogens is 288 g/mol. The van der Waals surface area contributed by atoms with Crippen LogP contribution < -0.4 is 0 Å². The van der Waals surface area contributed by atoms with Crippen molar-refractivity contribution in [2.24, 2.45) is 11.3 Å². The lowest BCUT2D eigenvalue weighted by Crippen LogP contribution is -2.32. The smallest absolute Gasteiger partial charge is 0.309 e. The SMILES string of the molecule is CC(C(=O)OC(C)(C)C)C(CC(=O)C(C)(C)C)c1ccccc1. The number of benzene rings is 1. The number of ether oxygens (including phenoxy) is 1. The molecule has 128 valence electrons. The average molecular weight is 318 g/mol. The van der Waals surface area contributed by atoms with Crippen LogP contribution in [0.25, 0.3) is 0 Å². The third kappa shape index (κ3) is 6.17. The highest BCUT2D eigenvalue weighted by Gasteiger charge is 2.33. The van der Waals surface area contributed by atoms with Gasteiger partial charge in [0.05, 0.1) is 5.92 Å². The van der Waals surface area contributed by atoms with E-state index < -0.39 is 11.0 Å². The first-order valence-corrected chi connectivity index (χ1v) is 8.23. The van der Waals surface area contributed by atoms with Crippen LogP contribution in [0, 0.1) is 11.3 Å². The van der Waals surface area contributed by atoms with Crippen LogP contribution in [-0.4, -0.2) is 17.4 Å². The minimum atomic E-state index is -0.527. The molecule has 2 atom stereocenters. The van der Waals surface area contributed by atoms with E-state index in [1.165, 1.54) is 0 Å². The fraction of sp³-hybridized carbons (Fsp3) is 0.600. The molecule has 2 unspecified atom stereocenters. The summed E-state index contributed by atoms with van der Waals surface area (Å²) in [6.45, 7) is 13.2. The van der Waals surface area contributed by atoms with Crippen molar-refractivity contribution in [3.63, 3.8) is 0 Å². The van der Waals surface area contributed by atoms with Crippen LogP contribution in [0.2, 0.25) is 0 Å². The van der Waals surface area contributed by atoms with E-state index >= 15 is 0 Å². The molecule has 3 heteroatoms. The molecule has 23 heavy (non-hydrogen) atoms. The number of esters is 1. The van der Waals surface area contributed by atoms with Crippen LogP contribution in [0.5, 0.6) is 0 Å². The van der Waals surface area contributed by atoms with Crippen LogP contribution in [0.15, 0.2) is 30.3 Å². The summed E-state index contributed by atoms with van der Waals surface area (Å²) in [5.41, 5.74) is 0.0600. The second-order valence-corrected chi connectivity index (χ2v) is 8.22. The molecule has 0 heterocycles. The zero-order valence-corrected chi connectivity index (χ0v) is 15.5. The highest BCUT2D eigenvalue weighted by Crippen LogP contribution is 2.33. The van der Waals surface area contributed by atoms with Gasteiger partial charge in [0.2, 0.25) is 0 Å². The monoisotopic (exact) mass is 318 g/mol. The van der Waals surface area contributed by atoms with E-state index in [1.807, 2.05) is 78.8 Å². The Kier molecular flexibility index (Phi) is 6.15. The molecule has 0 saturated carbocycles. The average Bonchev–Trinajstić information content (AvgIpc) is 2.41. The maximum absolute atomic E-state index is 12.5. The summed E-state index contributed by atoms with van der Waals surface area (Å²) in [5.74, 6) is -0.643. The first kappa shape index (κ1) is 19.4. The standard InChI is InChI=1S/C20H30O3/c1-14(18(22)23-20(5,6)7)16(13-17(21)19(2,3)4)15-11-9-8-10-12-15/h8-12,14,16H,13H2,1-7H3. The van der Waals surface area contributed by atoms with Crippen molar-refractivity contribution in [1.29, 1.82) is 0 Å². The number of carbonyl (C=O) groups excluding carboxylic acids is 2. The summed E-state index contributed by atoms with van der Waals surface area (Å²) >= 11 is 0. The summed E-state index contributed by atoms with van der Waals surface area (Å²) in [4.78, 5) is 25.0. The van der Waals surface area contributed by atoms with Gasteiger partial charge >= 0.3 is 5.97 Å². The lowest BCUT2D eigenvalue weighted by molar-refractivity contribution is -0.160. The highest BCUT2D eigenvalue weighted by atomic mass is 16.6. The van der Waals surface area contributed by atoms with Crippen LogP contribution in [0.3, 0.4) is 0 Å². The van der Waals surface area contributed by atoms with Gasteiger partial charge < -0.3 is 4.74 Å². The minimum Gasteiger partial charge on any atom is -0.460 e. The second-order valence-electron chi connectivity index (χ2n) is 8.22. The van der Waals surface area contributed by atoms with Crippen LogP contribution in [0.4, 0.5) is 0 Å². The summed E-state index contributed by atoms with van der Waals surface area (Å²) in [6.07, 6.45) is 0.341. The molecule has 0 aromatic heterocycles. The lowest BCUT2D eigenvalue weighted by Gasteiger charge is -2.29. The molecule has 0 aliphatic rings. The zero-order valence-electron chi connectivity index (χ0n) is 15.5. The third-order valence-corrected chi connectivity index (χ3v) is 3.85. The van der Waals surface area contributed by atoms with Gasteiger partial charge in [0.1, 0.15) is 11.4 Å². The number of hydrogen-bond acceptors (Lipinski definition) is 3. The predicted octanol–water partition coefficient (Wildman–Crippen LogP) is 4.75. The molecule has 1 rings (SSSR count). The molecule has 0 aliphatic carbocycles. The Morgan fingerprint density at radius 1 is 1.00 bits per heavy atom. The van der Waals surface area contributed by atoms with Crippen LogP contribution >= 0.6 is 0 Å². The van der Waals surface area contributed by atoms with Gasteiger partial charge in [0, 0.05) is 17.8 Å². The van der Waals surface area contributed by atoms with Crippen molar-refractivity contribution in [2.45, 2.75) is 66.4 Å². The van der Waals surface area contributed by atoms with Crippen molar-refractivity contribution < 1.29 is 14.3 Å². The summed E-state index contributed by atoms with van der Waals surface area (Å²) < 4.78 is 5.52. The fourth-order valence-corrected chi connectivity index (χ4v) is 2.35. The van der Waals surface area contributed by atoms with Gasteiger partial charge in [0.25, 0.3) is 0 Å². The Hall–Kier alpha value is -1.64. The van der Waals surface area contributed by atoms with Gasteiger partial charge in [-0.15, -0.1) is 0 Å². The molecule has 0 bridgehead atoms. The van der Waals surface area contributed by atoms with Gasteiger partial charge in [-0.2, -0.15) is 0 Å². The molecule has 0 amide bonds. The molecule has 0 aliphatic heterocycles. The molecular formula is C20H30O3. The third-order valence-electron chi connectivity index (χ3n) is 3.85. The van der Waals surface area contributed by atoms with Crippen molar-refractivity contribution in [2.75, 3.05) is 0 Å². The van der Waals surface area contributed by atoms with E-state index in [0.29, 0.717) is 6.42 Å². The Balaban J connectivity index is 3.05. The van der Waals surface area contributed by atoms with Crippen LogP contribution in [-0.2, 0) is 14.3 Å². The summed E-state index contributed by atoms with van der Waals surface area (Å²) in [6, 6.07) is 9.75. The van der Waals surface area contributed by atoms with Gasteiger partial charge in [-0.3, -0.25) is 9.59 Å². The van der Waals surface area contributed by atoms with Gasteiger partial charge in [-0.05, 0) is 26.3 Å². The highest BCUT2D eigenvalue weighted by molar-refractivity contribution is 5.85. The predicted molar refractivity (Wildman–Crippen MR) is 93.3 cm³/mol. The van der Waals surface area contributed by atoms with Gasteiger partial charge in [-0.1, -0.05) is 58.0 Å². The number of hydrogen-bond donors (Lipinski definition) is 0. The van der Waals surface area contributed by atoms with E-state index in [0.717, 1.165) is 5.56 Å². The number of rotatable bonds is 5. The molecule has 1 aromatic rings. The maximum atomic E-state index is 12.5. The van der Waals surface area contributed by atoms with Crippen LogP contribution in [0.1, 0.15) is 66.4 Å². The van der Waals surface area contributed by atoms with E-state index in [2.05, 4.69) is 0 Å². The molecule has 0 saturated heterocycles. The summed E-state index contributed by atoms with van der Waals surface area (Å²) in [5, 5.41) is 0. The van der Waals surface area contributed by atoms with Crippen molar-refractivity contribution in [1.82, 2.24) is 0 Å². The van der Waals surface area contributed by atoms with E-state index in [-0.39, 0.29) is 23.6 Å². The Morgan fingerprint density at radius 3 is 1.96 bits per heavy atom. The van der Waals surface area contributed by atoms with Gasteiger partial charge in [-0.25, -0.2) is 0 Å².